The van der Waals surface area contributed by atoms with Crippen molar-refractivity contribution in [1.29, 1.82) is 0 Å². The average molecular weight is 191 g/mol. The summed E-state index contributed by atoms with van der Waals surface area (Å²) >= 11 is 1.84. The Kier molecular flexibility index (Phi) is 2.71. The van der Waals surface area contributed by atoms with Gasteiger partial charge in [0.2, 0.25) is 0 Å². The molecule has 1 heterocycles. The summed E-state index contributed by atoms with van der Waals surface area (Å²) in [5.41, 5.74) is 1.48. The average Bonchev–Trinajstić information content (AvgIpc) is 2.53. The lowest BCUT2D eigenvalue weighted by Gasteiger charge is -2.13. The van der Waals surface area contributed by atoms with Gasteiger partial charge in [0.15, 0.2) is 0 Å². The molecule has 2 heteroatoms. The van der Waals surface area contributed by atoms with Crippen molar-refractivity contribution in [2.24, 2.45) is 0 Å². The molecule has 0 amide bonds. The van der Waals surface area contributed by atoms with Crippen molar-refractivity contribution < 1.29 is 0 Å². The van der Waals surface area contributed by atoms with E-state index >= 15 is 0 Å². The van der Waals surface area contributed by atoms with Crippen molar-refractivity contribution in [3.05, 3.63) is 42.0 Å². The summed E-state index contributed by atoms with van der Waals surface area (Å²) in [6.45, 7) is 4.36. The second-order valence-corrected chi connectivity index (χ2v) is 4.45. The van der Waals surface area contributed by atoms with Crippen LogP contribution < -0.4 is 0 Å². The van der Waals surface area contributed by atoms with Crippen LogP contribution in [-0.2, 0) is 0 Å². The zero-order chi connectivity index (χ0) is 9.10. The fraction of sp³-hybridized carbons (Fsp3) is 0.273. The maximum Gasteiger partial charge on any atom is 0.0304 e. The van der Waals surface area contributed by atoms with Gasteiger partial charge in [0.25, 0.3) is 0 Å². The van der Waals surface area contributed by atoms with E-state index in [9.17, 15) is 0 Å². The molecular formula is C11H13NS. The molecule has 1 aliphatic rings. The smallest absolute Gasteiger partial charge is 0.0304 e. The third kappa shape index (κ3) is 2.36. The summed E-state index contributed by atoms with van der Waals surface area (Å²) in [6, 6.07) is 10.5. The Morgan fingerprint density at radius 3 is 2.62 bits per heavy atom. The zero-order valence-corrected chi connectivity index (χ0v) is 8.55. The highest BCUT2D eigenvalue weighted by atomic mass is 32.2. The van der Waals surface area contributed by atoms with E-state index in [0.717, 1.165) is 13.1 Å². The van der Waals surface area contributed by atoms with E-state index in [1.165, 1.54) is 10.5 Å². The van der Waals surface area contributed by atoms with Gasteiger partial charge in [-0.25, -0.2) is 4.31 Å². The monoisotopic (exact) mass is 191 g/mol. The second-order valence-electron chi connectivity index (χ2n) is 3.28. The molecule has 0 radical (unpaired) electrons. The van der Waals surface area contributed by atoms with Crippen molar-refractivity contribution in [3.63, 3.8) is 0 Å². The minimum Gasteiger partial charge on any atom is -0.239 e. The Bertz CT molecular complexity index is 305. The van der Waals surface area contributed by atoms with Crippen molar-refractivity contribution in [3.8, 4) is 0 Å². The van der Waals surface area contributed by atoms with Crippen LogP contribution >= 0.6 is 11.9 Å². The third-order valence-electron chi connectivity index (χ3n) is 2.05. The molecule has 1 nitrogen and oxygen atoms in total. The quantitative estimate of drug-likeness (QED) is 0.522. The largest absolute Gasteiger partial charge is 0.239 e. The van der Waals surface area contributed by atoms with Gasteiger partial charge in [0.1, 0.15) is 0 Å². The summed E-state index contributed by atoms with van der Waals surface area (Å²) in [6.07, 6.45) is 2.29. The molecule has 0 spiro atoms. The molecule has 68 valence electrons. The molecule has 0 saturated heterocycles. The Morgan fingerprint density at radius 2 is 2.00 bits per heavy atom. The summed E-state index contributed by atoms with van der Waals surface area (Å²) in [5, 5.41) is 0. The van der Waals surface area contributed by atoms with Crippen LogP contribution in [0.2, 0.25) is 0 Å². The van der Waals surface area contributed by atoms with Crippen LogP contribution in [0.5, 0.6) is 0 Å². The first-order valence-corrected chi connectivity index (χ1v) is 5.25. The van der Waals surface area contributed by atoms with Crippen LogP contribution in [0.15, 0.2) is 46.9 Å². The van der Waals surface area contributed by atoms with Crippen molar-refractivity contribution in [2.75, 3.05) is 13.1 Å². The van der Waals surface area contributed by atoms with E-state index in [4.69, 9.17) is 0 Å². The molecule has 0 atom stereocenters. The molecule has 1 aliphatic heterocycles. The predicted octanol–water partition coefficient (Wildman–Crippen LogP) is 2.96. The van der Waals surface area contributed by atoms with Gasteiger partial charge in [-0.05, 0) is 31.0 Å². The number of rotatable bonds is 2. The lowest BCUT2D eigenvalue weighted by atomic mass is 10.3. The molecule has 0 aliphatic carbocycles. The standard InChI is InChI=1S/C11H13NS/c1-10-7-8-12(9-10)13-11-5-3-2-4-6-11/h2-7H,8-9H2,1H3. The van der Waals surface area contributed by atoms with Crippen molar-refractivity contribution in [2.45, 2.75) is 11.8 Å². The van der Waals surface area contributed by atoms with E-state index in [-0.39, 0.29) is 0 Å². The summed E-state index contributed by atoms with van der Waals surface area (Å²) in [7, 11) is 0. The normalized spacial score (nSPS) is 17.5. The van der Waals surface area contributed by atoms with Crippen LogP contribution in [-0.4, -0.2) is 17.4 Å². The highest BCUT2D eigenvalue weighted by Gasteiger charge is 2.11. The van der Waals surface area contributed by atoms with Crippen LogP contribution in [0, 0.1) is 0 Å². The second kappa shape index (κ2) is 3.99. The van der Waals surface area contributed by atoms with Gasteiger partial charge < -0.3 is 0 Å². The molecule has 0 bridgehead atoms. The highest BCUT2D eigenvalue weighted by molar-refractivity contribution is 7.97. The Labute approximate surface area is 83.6 Å². The number of hydrogen-bond acceptors (Lipinski definition) is 2. The van der Waals surface area contributed by atoms with E-state index in [1.807, 2.05) is 11.9 Å². The minimum atomic E-state index is 1.07. The van der Waals surface area contributed by atoms with E-state index < -0.39 is 0 Å². The summed E-state index contributed by atoms with van der Waals surface area (Å²) in [5.74, 6) is 0. The van der Waals surface area contributed by atoms with Gasteiger partial charge >= 0.3 is 0 Å². The van der Waals surface area contributed by atoms with Gasteiger partial charge in [0.05, 0.1) is 0 Å². The molecule has 0 unspecified atom stereocenters. The highest BCUT2D eigenvalue weighted by Crippen LogP contribution is 2.25. The fourth-order valence-electron chi connectivity index (χ4n) is 1.36. The fourth-order valence-corrected chi connectivity index (χ4v) is 2.36. The molecule has 0 saturated carbocycles. The predicted molar refractivity (Wildman–Crippen MR) is 57.6 cm³/mol. The maximum atomic E-state index is 2.37. The van der Waals surface area contributed by atoms with Crippen LogP contribution in [0.25, 0.3) is 0 Å². The summed E-state index contributed by atoms with van der Waals surface area (Å²) < 4.78 is 2.37. The van der Waals surface area contributed by atoms with Crippen molar-refractivity contribution in [1.82, 2.24) is 4.31 Å². The molecule has 13 heavy (non-hydrogen) atoms. The number of hydrogen-bond donors (Lipinski definition) is 0. The topological polar surface area (TPSA) is 3.24 Å². The van der Waals surface area contributed by atoms with Gasteiger partial charge in [-0.3, -0.25) is 0 Å². The number of nitrogens with zero attached hydrogens (tertiary/aromatic N) is 1. The molecule has 1 aromatic rings. The molecule has 0 N–H and O–H groups in total. The van der Waals surface area contributed by atoms with Crippen molar-refractivity contribution >= 4 is 11.9 Å². The van der Waals surface area contributed by atoms with Gasteiger partial charge in [-0.2, -0.15) is 0 Å². The molecular weight excluding hydrogens is 178 g/mol. The first-order chi connectivity index (χ1) is 6.34. The van der Waals surface area contributed by atoms with Gasteiger partial charge in [0, 0.05) is 18.0 Å². The van der Waals surface area contributed by atoms with Gasteiger partial charge in [-0.15, -0.1) is 0 Å². The molecule has 0 fully saturated rings. The SMILES string of the molecule is CC1=CCN(Sc2ccccc2)C1. The number of benzene rings is 1. The van der Waals surface area contributed by atoms with Crippen LogP contribution in [0.4, 0.5) is 0 Å². The molecule has 0 aromatic heterocycles. The third-order valence-corrected chi connectivity index (χ3v) is 3.07. The lowest BCUT2D eigenvalue weighted by molar-refractivity contribution is 0.601. The van der Waals surface area contributed by atoms with E-state index in [0.29, 0.717) is 0 Å². The molecule has 1 aromatic carbocycles. The van der Waals surface area contributed by atoms with E-state index in [1.54, 1.807) is 0 Å². The Balaban J connectivity index is 1.94. The first kappa shape index (κ1) is 8.85. The minimum absolute atomic E-state index is 1.07. The van der Waals surface area contributed by atoms with Crippen LogP contribution in [0.3, 0.4) is 0 Å². The van der Waals surface area contributed by atoms with Gasteiger partial charge in [-0.1, -0.05) is 29.8 Å². The zero-order valence-electron chi connectivity index (χ0n) is 7.73. The van der Waals surface area contributed by atoms with E-state index in [2.05, 4.69) is 47.6 Å². The first-order valence-electron chi connectivity index (χ1n) is 4.48. The molecule has 2 rings (SSSR count). The summed E-state index contributed by atoms with van der Waals surface area (Å²) in [4.78, 5) is 1.32. The Morgan fingerprint density at radius 1 is 1.23 bits per heavy atom. The Hall–Kier alpha value is -0.730. The van der Waals surface area contributed by atoms with Crippen LogP contribution in [0.1, 0.15) is 6.92 Å². The lowest BCUT2D eigenvalue weighted by Crippen LogP contribution is -2.10. The maximum absolute atomic E-state index is 2.37.